The topological polar surface area (TPSA) is 20.2 Å². The Kier molecular flexibility index (Phi) is 3.42. The summed E-state index contributed by atoms with van der Waals surface area (Å²) in [4.78, 5) is 0. The van der Waals surface area contributed by atoms with Crippen LogP contribution < -0.4 is 0 Å². The Bertz CT molecular complexity index is 1020. The zero-order valence-electron chi connectivity index (χ0n) is 12.3. The Balaban J connectivity index is 2.02. The summed E-state index contributed by atoms with van der Waals surface area (Å²) in [5.41, 5.74) is 6.90. The highest BCUT2D eigenvalue weighted by molar-refractivity contribution is 9.10. The lowest BCUT2D eigenvalue weighted by Gasteiger charge is -2.14. The van der Waals surface area contributed by atoms with Gasteiger partial charge in [0, 0.05) is 15.4 Å². The van der Waals surface area contributed by atoms with E-state index >= 15 is 0 Å². The maximum Gasteiger partial charge on any atom is 0.167 e. The molecule has 1 N–H and O–H groups in total. The summed E-state index contributed by atoms with van der Waals surface area (Å²) in [5.74, 6) is 0.191. The zero-order chi connectivity index (χ0) is 15.8. The first-order valence-corrected chi connectivity index (χ1v) is 8.18. The van der Waals surface area contributed by atoms with Gasteiger partial charge in [-0.3, -0.25) is 0 Å². The lowest BCUT2D eigenvalue weighted by Crippen LogP contribution is -1.92. The minimum atomic E-state index is 0.191. The van der Waals surface area contributed by atoms with E-state index in [1.165, 1.54) is 10.8 Å². The van der Waals surface area contributed by atoms with Crippen molar-refractivity contribution >= 4 is 32.3 Å². The van der Waals surface area contributed by atoms with E-state index in [2.05, 4.69) is 58.1 Å². The lowest BCUT2D eigenvalue weighted by atomic mass is 9.91. The van der Waals surface area contributed by atoms with Crippen LogP contribution in [0.1, 0.15) is 5.56 Å². The van der Waals surface area contributed by atoms with Crippen molar-refractivity contribution in [2.24, 2.45) is 0 Å². The van der Waals surface area contributed by atoms with Crippen LogP contribution in [0.15, 0.2) is 88.8 Å². The van der Waals surface area contributed by atoms with E-state index in [1.54, 1.807) is 6.08 Å². The average Bonchev–Trinajstić information content (AvgIpc) is 3.00. The van der Waals surface area contributed by atoms with Crippen molar-refractivity contribution in [1.82, 2.24) is 0 Å². The average molecular weight is 361 g/mol. The fraction of sp³-hybridized carbons (Fsp3) is 0. The summed E-state index contributed by atoms with van der Waals surface area (Å²) in [6.45, 7) is 0. The monoisotopic (exact) mass is 360 g/mol. The highest BCUT2D eigenvalue weighted by Crippen LogP contribution is 2.38. The van der Waals surface area contributed by atoms with E-state index in [0.29, 0.717) is 0 Å². The van der Waals surface area contributed by atoms with Gasteiger partial charge >= 0.3 is 0 Å². The molecule has 4 rings (SSSR count). The number of aliphatic hydroxyl groups excluding tert-OH is 1. The van der Waals surface area contributed by atoms with Gasteiger partial charge in [0.2, 0.25) is 0 Å². The van der Waals surface area contributed by atoms with Gasteiger partial charge in [0.05, 0.1) is 0 Å². The van der Waals surface area contributed by atoms with Crippen LogP contribution in [-0.2, 0) is 0 Å². The number of aliphatic hydroxyl groups is 1. The molecule has 110 valence electrons. The van der Waals surface area contributed by atoms with Gasteiger partial charge in [-0.05, 0) is 40.3 Å². The van der Waals surface area contributed by atoms with Crippen molar-refractivity contribution in [3.63, 3.8) is 0 Å². The van der Waals surface area contributed by atoms with E-state index in [4.69, 9.17) is 0 Å². The Morgan fingerprint density at radius 1 is 0.783 bits per heavy atom. The second kappa shape index (κ2) is 5.58. The summed E-state index contributed by atoms with van der Waals surface area (Å²) >= 11 is 3.68. The fourth-order valence-electron chi connectivity index (χ4n) is 3.05. The summed E-state index contributed by atoms with van der Waals surface area (Å²) in [6.07, 6.45) is 3.65. The number of fused-ring (bicyclic) bond motifs is 1. The van der Waals surface area contributed by atoms with Gasteiger partial charge in [-0.25, -0.2) is 0 Å². The minimum absolute atomic E-state index is 0.191. The van der Waals surface area contributed by atoms with Gasteiger partial charge in [0.1, 0.15) is 0 Å². The maximum atomic E-state index is 10.1. The molecule has 1 aliphatic carbocycles. The van der Waals surface area contributed by atoms with E-state index in [9.17, 15) is 5.11 Å². The number of rotatable bonds is 2. The summed E-state index contributed by atoms with van der Waals surface area (Å²) in [7, 11) is 0. The third kappa shape index (κ3) is 2.33. The van der Waals surface area contributed by atoms with Gasteiger partial charge in [-0.1, -0.05) is 76.3 Å². The SMILES string of the molecule is OC1=C=CC=C1c1ccccc1-c1cccc2cccc(Br)c12. The Hall–Kier alpha value is -2.54. The molecular formula is C21H13BrO. The Morgan fingerprint density at radius 2 is 1.48 bits per heavy atom. The molecule has 0 bridgehead atoms. The second-order valence-corrected chi connectivity index (χ2v) is 6.28. The van der Waals surface area contributed by atoms with Crippen molar-refractivity contribution < 1.29 is 5.11 Å². The van der Waals surface area contributed by atoms with E-state index in [-0.39, 0.29) is 5.76 Å². The molecule has 0 saturated heterocycles. The quantitative estimate of drug-likeness (QED) is 0.534. The van der Waals surface area contributed by atoms with E-state index in [0.717, 1.165) is 26.7 Å². The predicted molar refractivity (Wildman–Crippen MR) is 99.3 cm³/mol. The maximum absolute atomic E-state index is 10.1. The number of benzene rings is 3. The number of hydrogen-bond acceptors (Lipinski definition) is 1. The second-order valence-electron chi connectivity index (χ2n) is 5.43. The van der Waals surface area contributed by atoms with Gasteiger partial charge in [0.25, 0.3) is 0 Å². The molecule has 0 radical (unpaired) electrons. The van der Waals surface area contributed by atoms with Crippen LogP contribution >= 0.6 is 15.9 Å². The van der Waals surface area contributed by atoms with Gasteiger partial charge in [-0.2, -0.15) is 0 Å². The summed E-state index contributed by atoms with van der Waals surface area (Å²) in [6, 6.07) is 20.7. The molecule has 0 fully saturated rings. The molecular weight excluding hydrogens is 348 g/mol. The first-order chi connectivity index (χ1) is 11.3. The van der Waals surface area contributed by atoms with Crippen LogP contribution in [0, 0.1) is 0 Å². The highest BCUT2D eigenvalue weighted by Gasteiger charge is 2.16. The third-order valence-electron chi connectivity index (χ3n) is 4.09. The summed E-state index contributed by atoms with van der Waals surface area (Å²) < 4.78 is 1.07. The third-order valence-corrected chi connectivity index (χ3v) is 4.75. The highest BCUT2D eigenvalue weighted by atomic mass is 79.9. The largest absolute Gasteiger partial charge is 0.501 e. The summed E-state index contributed by atoms with van der Waals surface area (Å²) in [5, 5.41) is 12.4. The fourth-order valence-corrected chi connectivity index (χ4v) is 3.65. The van der Waals surface area contributed by atoms with Gasteiger partial charge in [-0.15, -0.1) is 0 Å². The smallest absolute Gasteiger partial charge is 0.167 e. The Labute approximate surface area is 143 Å². The number of hydrogen-bond donors (Lipinski definition) is 1. The van der Waals surface area contributed by atoms with Crippen LogP contribution in [0.4, 0.5) is 0 Å². The molecule has 1 nitrogen and oxygen atoms in total. The molecule has 2 heteroatoms. The lowest BCUT2D eigenvalue weighted by molar-refractivity contribution is 0.440. The van der Waals surface area contributed by atoms with E-state index < -0.39 is 0 Å². The van der Waals surface area contributed by atoms with Crippen molar-refractivity contribution in [3.8, 4) is 11.1 Å². The van der Waals surface area contributed by atoms with Crippen LogP contribution in [0.2, 0.25) is 0 Å². The molecule has 1 aliphatic rings. The molecule has 0 amide bonds. The van der Waals surface area contributed by atoms with Gasteiger partial charge < -0.3 is 5.11 Å². The van der Waals surface area contributed by atoms with Crippen LogP contribution in [-0.4, -0.2) is 5.11 Å². The molecule has 3 aromatic carbocycles. The molecule has 0 atom stereocenters. The van der Waals surface area contributed by atoms with E-state index in [1.807, 2.05) is 30.3 Å². The molecule has 0 aliphatic heterocycles. The molecule has 0 heterocycles. The van der Waals surface area contributed by atoms with Crippen LogP contribution in [0.25, 0.3) is 27.5 Å². The van der Waals surface area contributed by atoms with Crippen molar-refractivity contribution in [2.75, 3.05) is 0 Å². The van der Waals surface area contributed by atoms with Crippen LogP contribution in [0.3, 0.4) is 0 Å². The molecule has 23 heavy (non-hydrogen) atoms. The molecule has 0 unspecified atom stereocenters. The molecule has 0 aromatic heterocycles. The minimum Gasteiger partial charge on any atom is -0.501 e. The molecule has 0 saturated carbocycles. The van der Waals surface area contributed by atoms with Crippen LogP contribution in [0.5, 0.6) is 0 Å². The molecule has 3 aromatic rings. The Morgan fingerprint density at radius 3 is 2.22 bits per heavy atom. The van der Waals surface area contributed by atoms with Crippen molar-refractivity contribution in [1.29, 1.82) is 0 Å². The normalized spacial score (nSPS) is 13.3. The van der Waals surface area contributed by atoms with Crippen molar-refractivity contribution in [2.45, 2.75) is 0 Å². The standard InChI is InChI=1S/C21H13BrO/c22-19-12-4-7-14-6-3-11-18(21(14)19)16-9-2-1-8-15(16)17-10-5-13-20(17)23/h1-12,23H. The molecule has 0 spiro atoms. The number of halogens is 1. The first-order valence-electron chi connectivity index (χ1n) is 7.39. The predicted octanol–water partition coefficient (Wildman–Crippen LogP) is 6.26. The first kappa shape index (κ1) is 14.1. The van der Waals surface area contributed by atoms with Crippen molar-refractivity contribution in [3.05, 3.63) is 94.3 Å². The zero-order valence-corrected chi connectivity index (χ0v) is 13.8. The van der Waals surface area contributed by atoms with Gasteiger partial charge in [0.15, 0.2) is 5.76 Å². The number of allylic oxidation sites excluding steroid dienone is 2.